The number of pyridine rings is 2. The molecule has 1 aromatic carbocycles. The van der Waals surface area contributed by atoms with Crippen molar-refractivity contribution in [2.45, 2.75) is 51.9 Å². The Morgan fingerprint density at radius 3 is 2.44 bits per heavy atom. The van der Waals surface area contributed by atoms with Gasteiger partial charge in [-0.25, -0.2) is 13.2 Å². The third-order valence-corrected chi connectivity index (χ3v) is 6.45. The molecule has 0 spiro atoms. The number of H-pyrrole nitrogens is 1. The second-order valence-corrected chi connectivity index (χ2v) is 9.95. The predicted molar refractivity (Wildman–Crippen MR) is 128 cm³/mol. The molecule has 194 valence electrons. The van der Waals surface area contributed by atoms with Crippen LogP contribution in [0.1, 0.15) is 62.1 Å². The van der Waals surface area contributed by atoms with Gasteiger partial charge in [-0.05, 0) is 36.5 Å². The number of aromatic amines is 1. The smallest absolute Gasteiger partial charge is 0.268 e. The molecule has 3 aromatic rings. The van der Waals surface area contributed by atoms with Gasteiger partial charge in [0, 0.05) is 36.2 Å². The lowest BCUT2D eigenvalue weighted by atomic mass is 9.67. The van der Waals surface area contributed by atoms with Crippen molar-refractivity contribution in [2.24, 2.45) is 17.1 Å². The van der Waals surface area contributed by atoms with Gasteiger partial charge in [0.05, 0.1) is 18.0 Å². The summed E-state index contributed by atoms with van der Waals surface area (Å²) >= 11 is 0. The molecule has 1 aliphatic rings. The normalized spacial score (nSPS) is 19.3. The van der Waals surface area contributed by atoms with E-state index in [9.17, 15) is 27.2 Å². The SMILES string of the molecule is CC(C)(C)C1CCC(c2cc(=O)c3c(C(N)=O)nccc3[nH]2)CC1(F)F.COc1cccc(F)c1F. The van der Waals surface area contributed by atoms with E-state index in [1.54, 1.807) is 6.07 Å². The van der Waals surface area contributed by atoms with Crippen molar-refractivity contribution in [3.63, 3.8) is 0 Å². The van der Waals surface area contributed by atoms with Crippen molar-refractivity contribution in [3.05, 3.63) is 69.8 Å². The molecule has 1 fully saturated rings. The van der Waals surface area contributed by atoms with Crippen LogP contribution in [0.3, 0.4) is 0 Å². The van der Waals surface area contributed by atoms with Crippen molar-refractivity contribution >= 4 is 16.8 Å². The van der Waals surface area contributed by atoms with Crippen LogP contribution in [-0.4, -0.2) is 28.9 Å². The first-order valence-corrected chi connectivity index (χ1v) is 11.4. The molecule has 2 unspecified atom stereocenters. The Kier molecular flexibility index (Phi) is 7.76. The Morgan fingerprint density at radius 2 is 1.89 bits per heavy atom. The molecule has 0 bridgehead atoms. The summed E-state index contributed by atoms with van der Waals surface area (Å²) in [5.74, 6) is -6.63. The van der Waals surface area contributed by atoms with Crippen LogP contribution in [0, 0.1) is 23.0 Å². The largest absolute Gasteiger partial charge is 0.494 e. The number of methoxy groups -OCH3 is 1. The van der Waals surface area contributed by atoms with Crippen LogP contribution in [0.5, 0.6) is 5.75 Å². The van der Waals surface area contributed by atoms with E-state index >= 15 is 0 Å². The van der Waals surface area contributed by atoms with Crippen LogP contribution < -0.4 is 15.9 Å². The van der Waals surface area contributed by atoms with Crippen molar-refractivity contribution in [1.29, 1.82) is 0 Å². The molecule has 6 nitrogen and oxygen atoms in total. The predicted octanol–water partition coefficient (Wildman–Crippen LogP) is 5.56. The van der Waals surface area contributed by atoms with Crippen LogP contribution in [-0.2, 0) is 0 Å². The van der Waals surface area contributed by atoms with E-state index in [-0.39, 0.29) is 23.3 Å². The highest BCUT2D eigenvalue weighted by Gasteiger charge is 2.50. The molecular formula is C26H29F4N3O3. The lowest BCUT2D eigenvalue weighted by Crippen LogP contribution is -2.42. The summed E-state index contributed by atoms with van der Waals surface area (Å²) < 4.78 is 58.8. The maximum absolute atomic E-state index is 14.7. The summed E-state index contributed by atoms with van der Waals surface area (Å²) in [6, 6.07) is 6.63. The Hall–Kier alpha value is -3.43. The zero-order valence-corrected chi connectivity index (χ0v) is 20.5. The highest BCUT2D eigenvalue weighted by molar-refractivity contribution is 6.03. The molecule has 1 aliphatic carbocycles. The second-order valence-electron chi connectivity index (χ2n) is 9.95. The molecular weight excluding hydrogens is 478 g/mol. The fourth-order valence-electron chi connectivity index (χ4n) is 4.75. The van der Waals surface area contributed by atoms with Gasteiger partial charge in [0.15, 0.2) is 17.0 Å². The number of benzene rings is 1. The minimum Gasteiger partial charge on any atom is -0.494 e. The number of nitrogens with one attached hydrogen (secondary N) is 1. The number of nitrogens with two attached hydrogens (primary N) is 1. The zero-order chi connectivity index (χ0) is 26.8. The number of nitrogens with zero attached hydrogens (tertiary/aromatic N) is 1. The van der Waals surface area contributed by atoms with Crippen molar-refractivity contribution in [1.82, 2.24) is 9.97 Å². The number of amides is 1. The van der Waals surface area contributed by atoms with E-state index in [0.29, 0.717) is 24.1 Å². The quantitative estimate of drug-likeness (QED) is 0.454. The van der Waals surface area contributed by atoms with E-state index in [1.807, 2.05) is 20.8 Å². The van der Waals surface area contributed by atoms with Crippen LogP contribution in [0.15, 0.2) is 41.3 Å². The molecule has 2 aromatic heterocycles. The van der Waals surface area contributed by atoms with Crippen LogP contribution in [0.25, 0.3) is 10.9 Å². The van der Waals surface area contributed by atoms with Crippen molar-refractivity contribution < 1.29 is 27.1 Å². The molecule has 1 saturated carbocycles. The number of alkyl halides is 2. The second kappa shape index (κ2) is 10.3. The van der Waals surface area contributed by atoms with Gasteiger partial charge in [0.2, 0.25) is 5.82 Å². The molecule has 0 radical (unpaired) electrons. The summed E-state index contributed by atoms with van der Waals surface area (Å²) in [5, 5.41) is 0.0962. The van der Waals surface area contributed by atoms with Crippen molar-refractivity contribution in [2.75, 3.05) is 7.11 Å². The number of primary amides is 1. The Labute approximate surface area is 205 Å². The molecule has 10 heteroatoms. The summed E-state index contributed by atoms with van der Waals surface area (Å²) in [6.07, 6.45) is 2.04. The molecule has 2 atom stereocenters. The number of hydrogen-bond donors (Lipinski definition) is 2. The van der Waals surface area contributed by atoms with Gasteiger partial charge >= 0.3 is 0 Å². The van der Waals surface area contributed by atoms with Crippen LogP contribution >= 0.6 is 0 Å². The standard InChI is InChI=1S/C19H23F2N3O2.C7H6F2O/c1-18(2,3)14-5-4-10(9-19(14,20)21)12-8-13(25)15-11(24-12)6-7-23-16(15)17(22)26;1-10-6-4-2-3-5(8)7(6)9/h6-8,10,14H,4-5,9H2,1-3H3,(H2,22,26)(H,24,25);2-4H,1H3. The fraction of sp³-hybridized carbons (Fsp3) is 0.423. The van der Waals surface area contributed by atoms with Gasteiger partial charge in [-0.2, -0.15) is 4.39 Å². The number of carbonyl (C=O) groups is 1. The lowest BCUT2D eigenvalue weighted by molar-refractivity contribution is -0.128. The van der Waals surface area contributed by atoms with Gasteiger partial charge in [-0.15, -0.1) is 0 Å². The van der Waals surface area contributed by atoms with Crippen LogP contribution in [0.4, 0.5) is 17.6 Å². The molecule has 4 rings (SSSR count). The first-order chi connectivity index (χ1) is 16.8. The minimum atomic E-state index is -2.80. The third-order valence-electron chi connectivity index (χ3n) is 6.45. The molecule has 36 heavy (non-hydrogen) atoms. The summed E-state index contributed by atoms with van der Waals surface area (Å²) in [6.45, 7) is 5.51. The molecule has 0 saturated heterocycles. The molecule has 1 amide bonds. The number of fused-ring (bicyclic) bond motifs is 1. The van der Waals surface area contributed by atoms with Gasteiger partial charge in [0.1, 0.15) is 5.69 Å². The first-order valence-electron chi connectivity index (χ1n) is 11.4. The number of halogens is 4. The van der Waals surface area contributed by atoms with E-state index in [1.165, 1.54) is 31.5 Å². The average Bonchev–Trinajstić information content (AvgIpc) is 2.79. The molecule has 0 aliphatic heterocycles. The van der Waals surface area contributed by atoms with Gasteiger partial charge in [-0.1, -0.05) is 26.8 Å². The summed E-state index contributed by atoms with van der Waals surface area (Å²) in [7, 11) is 1.29. The Bertz CT molecular complexity index is 1320. The highest BCUT2D eigenvalue weighted by Crippen LogP contribution is 2.51. The van der Waals surface area contributed by atoms with Gasteiger partial charge < -0.3 is 15.5 Å². The lowest BCUT2D eigenvalue weighted by Gasteiger charge is -2.42. The molecule has 3 N–H and O–H groups in total. The maximum atomic E-state index is 14.7. The van der Waals surface area contributed by atoms with E-state index in [0.717, 1.165) is 6.07 Å². The monoisotopic (exact) mass is 507 g/mol. The summed E-state index contributed by atoms with van der Waals surface area (Å²) in [5.41, 5.74) is 5.10. The topological polar surface area (TPSA) is 98.1 Å². The number of carbonyl (C=O) groups excluding carboxylic acids is 1. The number of aromatic nitrogens is 2. The maximum Gasteiger partial charge on any atom is 0.268 e. The van der Waals surface area contributed by atoms with Crippen molar-refractivity contribution in [3.8, 4) is 5.75 Å². The van der Waals surface area contributed by atoms with E-state index in [4.69, 9.17) is 5.73 Å². The highest BCUT2D eigenvalue weighted by atomic mass is 19.3. The summed E-state index contributed by atoms with van der Waals surface area (Å²) in [4.78, 5) is 30.9. The first kappa shape index (κ1) is 27.2. The van der Waals surface area contributed by atoms with Gasteiger partial charge in [-0.3, -0.25) is 14.6 Å². The fourth-order valence-corrected chi connectivity index (χ4v) is 4.75. The van der Waals surface area contributed by atoms with E-state index in [2.05, 4.69) is 14.7 Å². The zero-order valence-electron chi connectivity index (χ0n) is 20.5. The average molecular weight is 508 g/mol. The van der Waals surface area contributed by atoms with Crippen LogP contribution in [0.2, 0.25) is 0 Å². The third kappa shape index (κ3) is 5.68. The number of ether oxygens (including phenoxy) is 1. The number of hydrogen-bond acceptors (Lipinski definition) is 4. The van der Waals surface area contributed by atoms with E-state index < -0.39 is 46.1 Å². The van der Waals surface area contributed by atoms with Gasteiger partial charge in [0.25, 0.3) is 11.8 Å². The minimum absolute atomic E-state index is 0.0694. The number of rotatable bonds is 3. The molecule has 2 heterocycles. The Balaban J connectivity index is 0.000000303. The Morgan fingerprint density at radius 1 is 1.19 bits per heavy atom.